The van der Waals surface area contributed by atoms with E-state index < -0.39 is 0 Å². The molecule has 2 nitrogen and oxygen atoms in total. The van der Waals surface area contributed by atoms with Crippen LogP contribution in [-0.2, 0) is 0 Å². The molecule has 0 atom stereocenters. The summed E-state index contributed by atoms with van der Waals surface area (Å²) in [5.41, 5.74) is 0.193. The van der Waals surface area contributed by atoms with Crippen LogP contribution in [0.1, 0.15) is 41.5 Å². The Morgan fingerprint density at radius 1 is 1.00 bits per heavy atom. The van der Waals surface area contributed by atoms with E-state index in [1.54, 1.807) is 0 Å². The fourth-order valence-corrected chi connectivity index (χ4v) is 1.88. The van der Waals surface area contributed by atoms with Gasteiger partial charge in [-0.25, -0.2) is 0 Å². The molecular weight excluding hydrogens is 184 g/mol. The van der Waals surface area contributed by atoms with Gasteiger partial charge in [0.2, 0.25) is 0 Å². The van der Waals surface area contributed by atoms with E-state index in [9.17, 15) is 0 Å². The van der Waals surface area contributed by atoms with Gasteiger partial charge in [-0.1, -0.05) is 27.7 Å². The maximum Gasteiger partial charge on any atom is 0.0246 e. The van der Waals surface area contributed by atoms with Crippen LogP contribution in [0.25, 0.3) is 0 Å². The Kier molecular flexibility index (Phi) is 6.46. The van der Waals surface area contributed by atoms with E-state index in [0.29, 0.717) is 0 Å². The van der Waals surface area contributed by atoms with Gasteiger partial charge in [-0.05, 0) is 45.2 Å². The molecule has 0 saturated heterocycles. The monoisotopic (exact) mass is 214 g/mol. The molecule has 92 valence electrons. The van der Waals surface area contributed by atoms with Crippen LogP contribution in [0.2, 0.25) is 0 Å². The lowest BCUT2D eigenvalue weighted by Crippen LogP contribution is -2.47. The summed E-state index contributed by atoms with van der Waals surface area (Å²) in [6, 6.07) is 0. The maximum atomic E-state index is 3.58. The molecule has 15 heavy (non-hydrogen) atoms. The van der Waals surface area contributed by atoms with Crippen molar-refractivity contribution in [3.63, 3.8) is 0 Å². The number of hydrogen-bond acceptors (Lipinski definition) is 2. The first-order valence-electron chi connectivity index (χ1n) is 6.19. The molecule has 0 radical (unpaired) electrons. The van der Waals surface area contributed by atoms with E-state index in [1.165, 1.54) is 0 Å². The highest BCUT2D eigenvalue weighted by molar-refractivity contribution is 4.79. The molecule has 0 aromatic heterocycles. The molecule has 0 saturated carbocycles. The lowest BCUT2D eigenvalue weighted by molar-refractivity contribution is 0.264. The molecule has 0 fully saturated rings. The zero-order chi connectivity index (χ0) is 12.1. The summed E-state index contributed by atoms with van der Waals surface area (Å²) in [6.45, 7) is 15.9. The van der Waals surface area contributed by atoms with Crippen LogP contribution in [-0.4, -0.2) is 25.7 Å². The Balaban J connectivity index is 3.92. The average molecular weight is 214 g/mol. The number of likely N-dealkylation sites (N-methyl/N-ethyl adjacent to an activating group) is 1. The van der Waals surface area contributed by atoms with Crippen molar-refractivity contribution in [2.75, 3.05) is 20.1 Å². The molecule has 0 unspecified atom stereocenters. The smallest absolute Gasteiger partial charge is 0.0246 e. The zero-order valence-electron chi connectivity index (χ0n) is 11.6. The van der Waals surface area contributed by atoms with Gasteiger partial charge in [0.05, 0.1) is 0 Å². The van der Waals surface area contributed by atoms with Gasteiger partial charge in [-0.3, -0.25) is 0 Å². The van der Waals surface area contributed by atoms with Crippen LogP contribution in [0.15, 0.2) is 0 Å². The van der Waals surface area contributed by atoms with Gasteiger partial charge in [0.25, 0.3) is 0 Å². The topological polar surface area (TPSA) is 24.1 Å². The molecule has 0 aliphatic carbocycles. The third-order valence-corrected chi connectivity index (χ3v) is 3.34. The summed E-state index contributed by atoms with van der Waals surface area (Å²) in [4.78, 5) is 0. The van der Waals surface area contributed by atoms with Crippen LogP contribution in [0.3, 0.4) is 0 Å². The van der Waals surface area contributed by atoms with Crippen LogP contribution in [0.4, 0.5) is 0 Å². The highest BCUT2D eigenvalue weighted by Crippen LogP contribution is 2.19. The zero-order valence-corrected chi connectivity index (χ0v) is 11.6. The molecular formula is C13H30N2. The summed E-state index contributed by atoms with van der Waals surface area (Å²) in [5.74, 6) is 2.29. The SMILES string of the molecule is CNC(C)(C)CNCC(C(C)C)C(C)C. The van der Waals surface area contributed by atoms with Crippen molar-refractivity contribution in [3.05, 3.63) is 0 Å². The van der Waals surface area contributed by atoms with E-state index in [2.05, 4.69) is 52.2 Å². The quantitative estimate of drug-likeness (QED) is 0.680. The first-order chi connectivity index (χ1) is 6.80. The number of rotatable bonds is 7. The Bertz CT molecular complexity index is 154. The van der Waals surface area contributed by atoms with Crippen molar-refractivity contribution in [2.45, 2.75) is 47.1 Å². The molecule has 0 aromatic carbocycles. The third kappa shape index (κ3) is 6.16. The average Bonchev–Trinajstić information content (AvgIpc) is 2.11. The molecule has 0 spiro atoms. The van der Waals surface area contributed by atoms with Crippen molar-refractivity contribution in [1.29, 1.82) is 0 Å². The molecule has 0 amide bonds. The molecule has 0 aliphatic heterocycles. The minimum Gasteiger partial charge on any atom is -0.315 e. The predicted octanol–water partition coefficient (Wildman–Crippen LogP) is 2.50. The highest BCUT2D eigenvalue weighted by atomic mass is 15.0. The normalized spacial score (nSPS) is 13.2. The standard InChI is InChI=1S/C13H30N2/c1-10(2)12(11(3)4)8-15-9-13(5,6)14-7/h10-12,14-15H,8-9H2,1-7H3. The minimum absolute atomic E-state index is 0.193. The van der Waals surface area contributed by atoms with Gasteiger partial charge in [0.15, 0.2) is 0 Å². The first-order valence-corrected chi connectivity index (χ1v) is 6.19. The predicted molar refractivity (Wildman–Crippen MR) is 69.2 cm³/mol. The molecule has 2 N–H and O–H groups in total. The van der Waals surface area contributed by atoms with Crippen LogP contribution < -0.4 is 10.6 Å². The lowest BCUT2D eigenvalue weighted by Gasteiger charge is -2.29. The van der Waals surface area contributed by atoms with Crippen LogP contribution in [0, 0.1) is 17.8 Å². The maximum absolute atomic E-state index is 3.58. The van der Waals surface area contributed by atoms with Crippen LogP contribution >= 0.6 is 0 Å². The minimum atomic E-state index is 0.193. The lowest BCUT2D eigenvalue weighted by atomic mass is 9.85. The van der Waals surface area contributed by atoms with E-state index in [4.69, 9.17) is 0 Å². The summed E-state index contributed by atoms with van der Waals surface area (Å²) in [5, 5.41) is 6.89. The van der Waals surface area contributed by atoms with Gasteiger partial charge in [-0.2, -0.15) is 0 Å². The van der Waals surface area contributed by atoms with Gasteiger partial charge in [0, 0.05) is 12.1 Å². The largest absolute Gasteiger partial charge is 0.315 e. The van der Waals surface area contributed by atoms with Crippen molar-refractivity contribution in [2.24, 2.45) is 17.8 Å². The van der Waals surface area contributed by atoms with Crippen molar-refractivity contribution in [3.8, 4) is 0 Å². The van der Waals surface area contributed by atoms with E-state index in [-0.39, 0.29) is 5.54 Å². The molecule has 2 heteroatoms. The fourth-order valence-electron chi connectivity index (χ4n) is 1.88. The van der Waals surface area contributed by atoms with Crippen molar-refractivity contribution in [1.82, 2.24) is 10.6 Å². The summed E-state index contributed by atoms with van der Waals surface area (Å²) in [7, 11) is 2.02. The number of nitrogens with one attached hydrogen (secondary N) is 2. The number of hydrogen-bond donors (Lipinski definition) is 2. The first kappa shape index (κ1) is 14.9. The van der Waals surface area contributed by atoms with E-state index in [0.717, 1.165) is 30.8 Å². The van der Waals surface area contributed by atoms with Gasteiger partial charge in [0.1, 0.15) is 0 Å². The van der Waals surface area contributed by atoms with E-state index >= 15 is 0 Å². The van der Waals surface area contributed by atoms with Crippen molar-refractivity contribution >= 4 is 0 Å². The molecule has 0 heterocycles. The second kappa shape index (κ2) is 6.49. The summed E-state index contributed by atoms with van der Waals surface area (Å²) >= 11 is 0. The Hall–Kier alpha value is -0.0800. The molecule has 0 aliphatic rings. The third-order valence-electron chi connectivity index (χ3n) is 3.34. The summed E-state index contributed by atoms with van der Waals surface area (Å²) in [6.07, 6.45) is 0. The Labute approximate surface area is 96.2 Å². The second-order valence-electron chi connectivity index (χ2n) is 5.92. The van der Waals surface area contributed by atoms with Gasteiger partial charge in [-0.15, -0.1) is 0 Å². The highest BCUT2D eigenvalue weighted by Gasteiger charge is 2.19. The Morgan fingerprint density at radius 3 is 1.80 bits per heavy atom. The fraction of sp³-hybridized carbons (Fsp3) is 1.00. The Morgan fingerprint density at radius 2 is 1.47 bits per heavy atom. The summed E-state index contributed by atoms with van der Waals surface area (Å²) < 4.78 is 0. The second-order valence-corrected chi connectivity index (χ2v) is 5.92. The van der Waals surface area contributed by atoms with E-state index in [1.807, 2.05) is 7.05 Å². The van der Waals surface area contributed by atoms with Gasteiger partial charge >= 0.3 is 0 Å². The van der Waals surface area contributed by atoms with Crippen LogP contribution in [0.5, 0.6) is 0 Å². The molecule has 0 bridgehead atoms. The van der Waals surface area contributed by atoms with Crippen molar-refractivity contribution < 1.29 is 0 Å². The molecule has 0 aromatic rings. The van der Waals surface area contributed by atoms with Gasteiger partial charge < -0.3 is 10.6 Å². The molecule has 0 rings (SSSR count).